The van der Waals surface area contributed by atoms with E-state index in [9.17, 15) is 5.11 Å². The largest absolute Gasteiger partial charge is 0.495 e. The number of benzene rings is 1. The molecule has 17 heavy (non-hydrogen) atoms. The van der Waals surface area contributed by atoms with Crippen molar-refractivity contribution < 1.29 is 9.84 Å². The second kappa shape index (κ2) is 5.17. The van der Waals surface area contributed by atoms with Gasteiger partial charge in [0.15, 0.2) is 0 Å². The molecular formula is C13H12ClNO2. The molecule has 0 spiro atoms. The van der Waals surface area contributed by atoms with Crippen molar-refractivity contribution in [3.05, 3.63) is 47.2 Å². The summed E-state index contributed by atoms with van der Waals surface area (Å²) in [6.45, 7) is -0.0624. The van der Waals surface area contributed by atoms with Gasteiger partial charge in [0, 0.05) is 16.8 Å². The maximum Gasteiger partial charge on any atom is 0.137 e. The van der Waals surface area contributed by atoms with Crippen molar-refractivity contribution >= 4 is 11.6 Å². The van der Waals surface area contributed by atoms with E-state index in [4.69, 9.17) is 16.3 Å². The Kier molecular flexibility index (Phi) is 3.61. The summed E-state index contributed by atoms with van der Waals surface area (Å²) in [6.07, 6.45) is 3.36. The van der Waals surface area contributed by atoms with Crippen LogP contribution in [0.3, 0.4) is 0 Å². The fraction of sp³-hybridized carbons (Fsp3) is 0.154. The van der Waals surface area contributed by atoms with Gasteiger partial charge in [-0.1, -0.05) is 17.7 Å². The number of aliphatic hydroxyl groups excluding tert-OH is 1. The molecule has 1 aromatic carbocycles. The topological polar surface area (TPSA) is 42.4 Å². The lowest BCUT2D eigenvalue weighted by molar-refractivity contribution is 0.282. The Labute approximate surface area is 105 Å². The second-order valence-corrected chi connectivity index (χ2v) is 4.01. The molecule has 0 bridgehead atoms. The number of hydrogen-bond donors (Lipinski definition) is 1. The summed E-state index contributed by atoms with van der Waals surface area (Å²) in [5.41, 5.74) is 2.57. The highest BCUT2D eigenvalue weighted by atomic mass is 35.5. The van der Waals surface area contributed by atoms with Crippen LogP contribution in [0.1, 0.15) is 5.56 Å². The van der Waals surface area contributed by atoms with E-state index in [1.165, 1.54) is 0 Å². The molecule has 1 N–H and O–H groups in total. The fourth-order valence-corrected chi connectivity index (χ4v) is 1.85. The molecule has 2 aromatic rings. The second-order valence-electron chi connectivity index (χ2n) is 3.57. The Balaban J connectivity index is 2.51. The summed E-state index contributed by atoms with van der Waals surface area (Å²) in [4.78, 5) is 4.09. The highest BCUT2D eigenvalue weighted by Crippen LogP contribution is 2.28. The maximum absolute atomic E-state index is 9.32. The molecule has 0 unspecified atom stereocenters. The molecule has 0 fully saturated rings. The Morgan fingerprint density at radius 3 is 2.82 bits per heavy atom. The van der Waals surface area contributed by atoms with Gasteiger partial charge >= 0.3 is 0 Å². The van der Waals surface area contributed by atoms with E-state index in [2.05, 4.69) is 4.98 Å². The van der Waals surface area contributed by atoms with Gasteiger partial charge in [-0.2, -0.15) is 0 Å². The van der Waals surface area contributed by atoms with Gasteiger partial charge in [0.2, 0.25) is 0 Å². The maximum atomic E-state index is 9.32. The van der Waals surface area contributed by atoms with Crippen molar-refractivity contribution in [2.24, 2.45) is 0 Å². The predicted molar refractivity (Wildman–Crippen MR) is 67.2 cm³/mol. The monoisotopic (exact) mass is 249 g/mol. The van der Waals surface area contributed by atoms with E-state index in [0.29, 0.717) is 10.8 Å². The third-order valence-electron chi connectivity index (χ3n) is 2.50. The average Bonchev–Trinajstić information content (AvgIpc) is 2.38. The first-order valence-electron chi connectivity index (χ1n) is 5.13. The van der Waals surface area contributed by atoms with Crippen molar-refractivity contribution in [1.29, 1.82) is 0 Å². The molecule has 3 nitrogen and oxygen atoms in total. The van der Waals surface area contributed by atoms with Gasteiger partial charge in [-0.3, -0.25) is 4.98 Å². The van der Waals surface area contributed by atoms with Crippen LogP contribution in [0.2, 0.25) is 5.02 Å². The zero-order chi connectivity index (χ0) is 12.3. The lowest BCUT2D eigenvalue weighted by Crippen LogP contribution is -1.91. The molecule has 0 saturated heterocycles. The van der Waals surface area contributed by atoms with Gasteiger partial charge < -0.3 is 9.84 Å². The highest BCUT2D eigenvalue weighted by molar-refractivity contribution is 6.30. The standard InChI is InChI=1S/C13H12ClNO2/c1-17-12-5-9(6-15-7-12)13-3-2-11(14)4-10(13)8-16/h2-7,16H,8H2,1H3. The molecule has 0 aliphatic carbocycles. The summed E-state index contributed by atoms with van der Waals surface area (Å²) >= 11 is 5.89. The molecule has 1 heterocycles. The third kappa shape index (κ3) is 2.57. The van der Waals surface area contributed by atoms with Crippen LogP contribution in [-0.4, -0.2) is 17.2 Å². The Morgan fingerprint density at radius 1 is 1.29 bits per heavy atom. The number of aromatic nitrogens is 1. The van der Waals surface area contributed by atoms with Crippen LogP contribution in [0.4, 0.5) is 0 Å². The first-order chi connectivity index (χ1) is 8.24. The molecule has 4 heteroatoms. The van der Waals surface area contributed by atoms with Crippen LogP contribution in [-0.2, 0) is 6.61 Å². The lowest BCUT2D eigenvalue weighted by Gasteiger charge is -2.09. The molecule has 0 aliphatic rings. The van der Waals surface area contributed by atoms with E-state index in [1.54, 1.807) is 31.6 Å². The van der Waals surface area contributed by atoms with Gasteiger partial charge in [-0.05, 0) is 29.3 Å². The summed E-state index contributed by atoms with van der Waals surface area (Å²) in [5.74, 6) is 0.682. The van der Waals surface area contributed by atoms with Crippen molar-refractivity contribution in [2.45, 2.75) is 6.61 Å². The Bertz CT molecular complexity index is 529. The quantitative estimate of drug-likeness (QED) is 0.910. The summed E-state index contributed by atoms with van der Waals surface area (Å²) in [7, 11) is 1.59. The van der Waals surface area contributed by atoms with E-state index in [0.717, 1.165) is 16.7 Å². The molecule has 0 aliphatic heterocycles. The fourth-order valence-electron chi connectivity index (χ4n) is 1.65. The normalized spacial score (nSPS) is 10.3. The number of methoxy groups -OCH3 is 1. The number of pyridine rings is 1. The molecule has 2 rings (SSSR count). The van der Waals surface area contributed by atoms with Crippen molar-refractivity contribution in [2.75, 3.05) is 7.11 Å². The summed E-state index contributed by atoms with van der Waals surface area (Å²) in [6, 6.07) is 7.27. The van der Waals surface area contributed by atoms with Crippen LogP contribution in [0.25, 0.3) is 11.1 Å². The van der Waals surface area contributed by atoms with Crippen LogP contribution in [0.5, 0.6) is 5.75 Å². The molecule has 0 radical (unpaired) electrons. The zero-order valence-electron chi connectivity index (χ0n) is 9.35. The van der Waals surface area contributed by atoms with E-state index < -0.39 is 0 Å². The molecule has 1 aromatic heterocycles. The SMILES string of the molecule is COc1cncc(-c2ccc(Cl)cc2CO)c1. The number of nitrogens with zero attached hydrogens (tertiary/aromatic N) is 1. The number of hydrogen-bond acceptors (Lipinski definition) is 3. The minimum Gasteiger partial charge on any atom is -0.495 e. The number of aliphatic hydroxyl groups is 1. The molecule has 0 saturated carbocycles. The van der Waals surface area contributed by atoms with E-state index in [1.807, 2.05) is 12.1 Å². The van der Waals surface area contributed by atoms with Crippen LogP contribution < -0.4 is 4.74 Å². The summed E-state index contributed by atoms with van der Waals surface area (Å²) in [5, 5.41) is 9.93. The number of halogens is 1. The van der Waals surface area contributed by atoms with Gasteiger partial charge in [-0.25, -0.2) is 0 Å². The van der Waals surface area contributed by atoms with E-state index in [-0.39, 0.29) is 6.61 Å². The Morgan fingerprint density at radius 2 is 2.12 bits per heavy atom. The van der Waals surface area contributed by atoms with Gasteiger partial charge in [0.05, 0.1) is 19.9 Å². The summed E-state index contributed by atoms with van der Waals surface area (Å²) < 4.78 is 5.12. The number of rotatable bonds is 3. The van der Waals surface area contributed by atoms with Crippen molar-refractivity contribution in [3.8, 4) is 16.9 Å². The molecule has 0 atom stereocenters. The van der Waals surface area contributed by atoms with Gasteiger partial charge in [-0.15, -0.1) is 0 Å². The minimum atomic E-state index is -0.0624. The van der Waals surface area contributed by atoms with E-state index >= 15 is 0 Å². The van der Waals surface area contributed by atoms with Gasteiger partial charge in [0.25, 0.3) is 0 Å². The highest BCUT2D eigenvalue weighted by Gasteiger charge is 2.06. The lowest BCUT2D eigenvalue weighted by atomic mass is 10.0. The molecular weight excluding hydrogens is 238 g/mol. The van der Waals surface area contributed by atoms with Crippen LogP contribution >= 0.6 is 11.6 Å². The van der Waals surface area contributed by atoms with Gasteiger partial charge in [0.1, 0.15) is 5.75 Å². The molecule has 0 amide bonds. The predicted octanol–water partition coefficient (Wildman–Crippen LogP) is 2.90. The van der Waals surface area contributed by atoms with Crippen LogP contribution in [0.15, 0.2) is 36.7 Å². The first-order valence-corrected chi connectivity index (χ1v) is 5.51. The van der Waals surface area contributed by atoms with Crippen molar-refractivity contribution in [1.82, 2.24) is 4.98 Å². The zero-order valence-corrected chi connectivity index (χ0v) is 10.1. The smallest absolute Gasteiger partial charge is 0.137 e. The minimum absolute atomic E-state index is 0.0624. The average molecular weight is 250 g/mol. The Hall–Kier alpha value is -1.58. The number of ether oxygens (including phenoxy) is 1. The van der Waals surface area contributed by atoms with Crippen LogP contribution in [0, 0.1) is 0 Å². The molecule has 88 valence electrons. The first kappa shape index (κ1) is 11.9. The van der Waals surface area contributed by atoms with Crippen molar-refractivity contribution in [3.63, 3.8) is 0 Å². The third-order valence-corrected chi connectivity index (χ3v) is 2.73.